The summed E-state index contributed by atoms with van der Waals surface area (Å²) in [4.78, 5) is 26.3. The maximum absolute atomic E-state index is 12.8. The van der Waals surface area contributed by atoms with Gasteiger partial charge in [-0.2, -0.15) is 0 Å². The normalized spacial score (nSPS) is 20.6. The van der Waals surface area contributed by atoms with Gasteiger partial charge in [0.2, 0.25) is 0 Å². The molecule has 2 bridgehead atoms. The minimum Gasteiger partial charge on any atom is -0.490 e. The molecule has 1 fully saturated rings. The second-order valence-electron chi connectivity index (χ2n) is 6.55. The fraction of sp³-hybridized carbons (Fsp3) is 0.263. The summed E-state index contributed by atoms with van der Waals surface area (Å²) >= 11 is 0. The first-order valence-corrected chi connectivity index (χ1v) is 8.50. The quantitative estimate of drug-likeness (QED) is 0.572. The second-order valence-corrected chi connectivity index (χ2v) is 6.55. The summed E-state index contributed by atoms with van der Waals surface area (Å²) in [5, 5.41) is 11.8. The van der Waals surface area contributed by atoms with Crippen molar-refractivity contribution in [3.05, 3.63) is 59.7 Å². The average Bonchev–Trinajstić information content (AvgIpc) is 2.60. The van der Waals surface area contributed by atoms with Gasteiger partial charge in [0, 0.05) is 35.7 Å². The Bertz CT molecular complexity index is 834. The second kappa shape index (κ2) is 6.68. The minimum absolute atomic E-state index is 0.0728. The lowest BCUT2D eigenvalue weighted by atomic mass is 9.86. The third kappa shape index (κ3) is 3.09. The Morgan fingerprint density at radius 2 is 1.88 bits per heavy atom. The number of ether oxygens (including phenoxy) is 1. The number of hydrogen-bond donors (Lipinski definition) is 3. The van der Waals surface area contributed by atoms with E-state index < -0.39 is 5.91 Å². The molecule has 26 heavy (non-hydrogen) atoms. The summed E-state index contributed by atoms with van der Waals surface area (Å²) in [6.45, 7) is 0.331. The first-order valence-electron chi connectivity index (χ1n) is 8.50. The number of para-hydroxylation sites is 1. The molecule has 7 heteroatoms. The number of hydroxylamine groups is 1. The smallest absolute Gasteiger partial charge is 0.322 e. The molecule has 134 valence electrons. The molecule has 0 spiro atoms. The van der Waals surface area contributed by atoms with Gasteiger partial charge in [-0.05, 0) is 30.3 Å². The monoisotopic (exact) mass is 353 g/mol. The third-order valence-corrected chi connectivity index (χ3v) is 4.86. The highest BCUT2D eigenvalue weighted by Crippen LogP contribution is 2.37. The van der Waals surface area contributed by atoms with Crippen molar-refractivity contribution in [2.75, 3.05) is 5.32 Å². The summed E-state index contributed by atoms with van der Waals surface area (Å²) in [5.74, 6) is 0.0699. The van der Waals surface area contributed by atoms with Crippen molar-refractivity contribution < 1.29 is 19.5 Å². The number of hydrogen-bond acceptors (Lipinski definition) is 4. The van der Waals surface area contributed by atoms with Crippen molar-refractivity contribution in [1.82, 2.24) is 10.4 Å². The molecule has 0 radical (unpaired) electrons. The molecule has 0 aromatic heterocycles. The highest BCUT2D eigenvalue weighted by atomic mass is 16.5. The van der Waals surface area contributed by atoms with Crippen molar-refractivity contribution in [2.45, 2.75) is 31.5 Å². The Morgan fingerprint density at radius 1 is 1.12 bits per heavy atom. The first-order chi connectivity index (χ1) is 12.6. The predicted octanol–water partition coefficient (Wildman–Crippen LogP) is 2.76. The molecule has 2 aliphatic heterocycles. The van der Waals surface area contributed by atoms with Crippen LogP contribution < -0.4 is 15.5 Å². The van der Waals surface area contributed by atoms with Gasteiger partial charge in [0.25, 0.3) is 5.91 Å². The number of carbonyl (C=O) groups is 2. The standard InChI is InChI=1S/C19H19N3O4/c23-18(21-25)12-6-7-17-13(8-12)11-22(15-9-16(10-15)26-17)19(24)20-14-4-2-1-3-5-14/h1-8,15-16,25H,9-11H2,(H,20,24)(H,21,23). The number of anilines is 1. The highest BCUT2D eigenvalue weighted by molar-refractivity contribution is 5.94. The predicted molar refractivity (Wildman–Crippen MR) is 94.1 cm³/mol. The molecule has 2 heterocycles. The van der Waals surface area contributed by atoms with Crippen LogP contribution in [0.1, 0.15) is 28.8 Å². The molecular formula is C19H19N3O4. The summed E-state index contributed by atoms with van der Waals surface area (Å²) < 4.78 is 5.96. The number of carbonyl (C=O) groups excluding carboxylic acids is 2. The summed E-state index contributed by atoms with van der Waals surface area (Å²) in [7, 11) is 0. The number of amides is 3. The number of nitrogens with one attached hydrogen (secondary N) is 2. The van der Waals surface area contributed by atoms with E-state index in [2.05, 4.69) is 5.32 Å². The van der Waals surface area contributed by atoms with Crippen LogP contribution in [0, 0.1) is 0 Å². The summed E-state index contributed by atoms with van der Waals surface area (Å²) in [5.41, 5.74) is 3.42. The Hall–Kier alpha value is -3.06. The molecular weight excluding hydrogens is 334 g/mol. The van der Waals surface area contributed by atoms with Gasteiger partial charge < -0.3 is 15.0 Å². The Labute approximate surface area is 150 Å². The van der Waals surface area contributed by atoms with Gasteiger partial charge in [-0.25, -0.2) is 10.3 Å². The molecule has 0 atom stereocenters. The SMILES string of the molecule is O=C(NO)c1ccc2c(c1)CN(C(=O)Nc1ccccc1)C1CC(C1)O2. The molecule has 3 amide bonds. The molecule has 3 aliphatic rings. The van der Waals surface area contributed by atoms with E-state index in [-0.39, 0.29) is 18.2 Å². The molecule has 0 saturated heterocycles. The maximum atomic E-state index is 12.8. The largest absolute Gasteiger partial charge is 0.490 e. The zero-order valence-electron chi connectivity index (χ0n) is 14.0. The Kier molecular flexibility index (Phi) is 4.22. The van der Waals surface area contributed by atoms with Crippen LogP contribution in [0.15, 0.2) is 48.5 Å². The maximum Gasteiger partial charge on any atom is 0.322 e. The van der Waals surface area contributed by atoms with Crippen molar-refractivity contribution in [1.29, 1.82) is 0 Å². The van der Waals surface area contributed by atoms with Gasteiger partial charge in [-0.1, -0.05) is 18.2 Å². The zero-order valence-corrected chi connectivity index (χ0v) is 14.0. The lowest BCUT2D eigenvalue weighted by molar-refractivity contribution is 0.0215. The first kappa shape index (κ1) is 16.4. The molecule has 1 saturated carbocycles. The van der Waals surface area contributed by atoms with Gasteiger partial charge in [-0.15, -0.1) is 0 Å². The fourth-order valence-electron chi connectivity index (χ4n) is 3.36. The number of urea groups is 1. The molecule has 5 rings (SSSR count). The molecule has 1 aliphatic carbocycles. The van der Waals surface area contributed by atoms with E-state index in [1.54, 1.807) is 28.6 Å². The van der Waals surface area contributed by atoms with Gasteiger partial charge in [-0.3, -0.25) is 10.0 Å². The molecule has 7 nitrogen and oxygen atoms in total. The van der Waals surface area contributed by atoms with Gasteiger partial charge in [0.05, 0.1) is 6.54 Å². The van der Waals surface area contributed by atoms with Gasteiger partial charge in [0.15, 0.2) is 0 Å². The summed E-state index contributed by atoms with van der Waals surface area (Å²) in [6, 6.07) is 14.2. The highest BCUT2D eigenvalue weighted by Gasteiger charge is 2.40. The van der Waals surface area contributed by atoms with E-state index in [9.17, 15) is 9.59 Å². The van der Waals surface area contributed by atoms with Crippen LogP contribution in [-0.4, -0.2) is 34.2 Å². The molecule has 2 aromatic carbocycles. The minimum atomic E-state index is -0.597. The number of benzene rings is 2. The van der Waals surface area contributed by atoms with Crippen LogP contribution in [0.5, 0.6) is 5.75 Å². The van der Waals surface area contributed by atoms with E-state index in [4.69, 9.17) is 9.94 Å². The van der Waals surface area contributed by atoms with Crippen molar-refractivity contribution >= 4 is 17.6 Å². The lowest BCUT2D eigenvalue weighted by Crippen LogP contribution is -2.53. The van der Waals surface area contributed by atoms with Crippen LogP contribution in [0.2, 0.25) is 0 Å². The molecule has 3 N–H and O–H groups in total. The van der Waals surface area contributed by atoms with E-state index in [1.165, 1.54) is 0 Å². The zero-order chi connectivity index (χ0) is 18.1. The van der Waals surface area contributed by atoms with E-state index in [0.717, 1.165) is 24.1 Å². The molecule has 0 unspecified atom stereocenters. The van der Waals surface area contributed by atoms with Crippen LogP contribution >= 0.6 is 0 Å². The van der Waals surface area contributed by atoms with Crippen LogP contribution in [0.3, 0.4) is 0 Å². The van der Waals surface area contributed by atoms with Crippen molar-refractivity contribution in [3.63, 3.8) is 0 Å². The lowest BCUT2D eigenvalue weighted by Gasteiger charge is -2.45. The van der Waals surface area contributed by atoms with Gasteiger partial charge >= 0.3 is 6.03 Å². The number of fused-ring (bicyclic) bond motifs is 1. The number of rotatable bonds is 2. The van der Waals surface area contributed by atoms with Crippen LogP contribution in [0.25, 0.3) is 0 Å². The van der Waals surface area contributed by atoms with E-state index >= 15 is 0 Å². The van der Waals surface area contributed by atoms with E-state index in [0.29, 0.717) is 17.9 Å². The topological polar surface area (TPSA) is 90.9 Å². The summed E-state index contributed by atoms with van der Waals surface area (Å²) in [6.07, 6.45) is 1.66. The Balaban J connectivity index is 1.60. The Morgan fingerprint density at radius 3 is 2.62 bits per heavy atom. The van der Waals surface area contributed by atoms with Crippen molar-refractivity contribution in [2.24, 2.45) is 0 Å². The average molecular weight is 353 g/mol. The van der Waals surface area contributed by atoms with E-state index in [1.807, 2.05) is 30.3 Å². The molecule has 2 aromatic rings. The van der Waals surface area contributed by atoms with Gasteiger partial charge in [0.1, 0.15) is 11.9 Å². The van der Waals surface area contributed by atoms with Crippen LogP contribution in [0.4, 0.5) is 10.5 Å². The number of nitrogens with zero attached hydrogens (tertiary/aromatic N) is 1. The fourth-order valence-corrected chi connectivity index (χ4v) is 3.36. The van der Waals surface area contributed by atoms with Crippen molar-refractivity contribution in [3.8, 4) is 5.75 Å². The third-order valence-electron chi connectivity index (χ3n) is 4.86. The van der Waals surface area contributed by atoms with Crippen LogP contribution in [-0.2, 0) is 6.54 Å².